The second-order valence-electron chi connectivity index (χ2n) is 5.42. The highest BCUT2D eigenvalue weighted by Crippen LogP contribution is 2.20. The van der Waals surface area contributed by atoms with Crippen LogP contribution in [0.15, 0.2) is 24.3 Å². The summed E-state index contributed by atoms with van der Waals surface area (Å²) in [5, 5.41) is 3.39. The molecule has 1 fully saturated rings. The molecule has 1 N–H and O–H groups in total. The molecule has 1 aliphatic heterocycles. The summed E-state index contributed by atoms with van der Waals surface area (Å²) in [6.07, 6.45) is 2.93. The van der Waals surface area contributed by atoms with Crippen molar-refractivity contribution in [1.82, 2.24) is 5.32 Å². The van der Waals surface area contributed by atoms with E-state index in [1.54, 1.807) is 0 Å². The van der Waals surface area contributed by atoms with Crippen molar-refractivity contribution >= 4 is 15.5 Å². The van der Waals surface area contributed by atoms with E-state index in [0.717, 1.165) is 38.3 Å². The molecule has 1 aromatic carbocycles. The van der Waals surface area contributed by atoms with Gasteiger partial charge in [-0.25, -0.2) is 8.42 Å². The highest BCUT2D eigenvalue weighted by Gasteiger charge is 2.09. The first kappa shape index (κ1) is 16.1. The van der Waals surface area contributed by atoms with Crippen LogP contribution in [0.4, 0.5) is 5.69 Å². The lowest BCUT2D eigenvalue weighted by molar-refractivity contribution is 0.318. The maximum Gasteiger partial charge on any atom is 0.147 e. The molecule has 0 spiro atoms. The number of sulfone groups is 1. The first-order valence-corrected chi connectivity index (χ1v) is 9.47. The molecule has 0 aromatic heterocycles. The fourth-order valence-corrected chi connectivity index (χ4v) is 3.01. The lowest BCUT2D eigenvalue weighted by Crippen LogP contribution is -2.27. The van der Waals surface area contributed by atoms with Crippen LogP contribution in [0.5, 0.6) is 5.75 Å². The molecule has 0 bridgehead atoms. The standard InChI is InChI=1S/C15H24N2O3S/c1-21(18,19)13-3-12-20-15-6-4-14(5-7-15)17-10-2-8-16-9-11-17/h4-7,16H,2-3,8-13H2,1H3. The summed E-state index contributed by atoms with van der Waals surface area (Å²) in [5.41, 5.74) is 1.21. The van der Waals surface area contributed by atoms with Gasteiger partial charge in [-0.1, -0.05) is 0 Å². The average molecular weight is 312 g/mol. The van der Waals surface area contributed by atoms with Crippen molar-refractivity contribution in [3.05, 3.63) is 24.3 Å². The predicted molar refractivity (Wildman–Crippen MR) is 86.0 cm³/mol. The van der Waals surface area contributed by atoms with Gasteiger partial charge in [-0.2, -0.15) is 0 Å². The van der Waals surface area contributed by atoms with Gasteiger partial charge in [-0.15, -0.1) is 0 Å². The molecule has 0 unspecified atom stereocenters. The van der Waals surface area contributed by atoms with Crippen molar-refractivity contribution < 1.29 is 13.2 Å². The van der Waals surface area contributed by atoms with E-state index in [0.29, 0.717) is 13.0 Å². The lowest BCUT2D eigenvalue weighted by Gasteiger charge is -2.22. The third kappa shape index (κ3) is 5.93. The molecule has 1 heterocycles. The summed E-state index contributed by atoms with van der Waals surface area (Å²) in [6, 6.07) is 8.04. The van der Waals surface area contributed by atoms with Gasteiger partial charge in [-0.3, -0.25) is 0 Å². The first-order chi connectivity index (χ1) is 10.0. The summed E-state index contributed by atoms with van der Waals surface area (Å²) in [6.45, 7) is 4.62. The van der Waals surface area contributed by atoms with E-state index >= 15 is 0 Å². The smallest absolute Gasteiger partial charge is 0.147 e. The Hall–Kier alpha value is -1.27. The number of nitrogens with one attached hydrogen (secondary N) is 1. The summed E-state index contributed by atoms with van der Waals surface area (Å²) < 4.78 is 27.6. The van der Waals surface area contributed by atoms with E-state index in [9.17, 15) is 8.42 Å². The maximum atomic E-state index is 11.0. The first-order valence-electron chi connectivity index (χ1n) is 7.41. The average Bonchev–Trinajstić information content (AvgIpc) is 2.72. The van der Waals surface area contributed by atoms with Crippen molar-refractivity contribution in [2.75, 3.05) is 49.7 Å². The quantitative estimate of drug-likeness (QED) is 0.802. The molecule has 0 aliphatic carbocycles. The monoisotopic (exact) mass is 312 g/mol. The summed E-state index contributed by atoms with van der Waals surface area (Å²) in [4.78, 5) is 2.37. The fraction of sp³-hybridized carbons (Fsp3) is 0.600. The Bertz CT molecular complexity index is 520. The van der Waals surface area contributed by atoms with Gasteiger partial charge < -0.3 is 15.0 Å². The molecule has 5 nitrogen and oxygen atoms in total. The zero-order chi connectivity index (χ0) is 15.1. The zero-order valence-electron chi connectivity index (χ0n) is 12.5. The van der Waals surface area contributed by atoms with Crippen LogP contribution >= 0.6 is 0 Å². The Morgan fingerprint density at radius 3 is 2.67 bits per heavy atom. The van der Waals surface area contributed by atoms with Gasteiger partial charge in [0.05, 0.1) is 12.4 Å². The van der Waals surface area contributed by atoms with E-state index in [2.05, 4.69) is 22.3 Å². The molecule has 0 amide bonds. The number of nitrogens with zero attached hydrogens (tertiary/aromatic N) is 1. The lowest BCUT2D eigenvalue weighted by atomic mass is 10.2. The Labute approximate surface area is 127 Å². The summed E-state index contributed by atoms with van der Waals surface area (Å²) in [7, 11) is -2.90. The molecule has 0 radical (unpaired) electrons. The minimum atomic E-state index is -2.90. The maximum absolute atomic E-state index is 11.0. The number of benzene rings is 1. The Kier molecular flexibility index (Phi) is 5.87. The number of rotatable bonds is 6. The van der Waals surface area contributed by atoms with Crippen LogP contribution in [0.1, 0.15) is 12.8 Å². The van der Waals surface area contributed by atoms with Gasteiger partial charge >= 0.3 is 0 Å². The van der Waals surface area contributed by atoms with E-state index in [1.807, 2.05) is 12.1 Å². The van der Waals surface area contributed by atoms with Crippen LogP contribution in [0, 0.1) is 0 Å². The second kappa shape index (κ2) is 7.66. The van der Waals surface area contributed by atoms with E-state index in [-0.39, 0.29) is 5.75 Å². The summed E-state index contributed by atoms with van der Waals surface area (Å²) in [5.74, 6) is 0.964. The van der Waals surface area contributed by atoms with Crippen molar-refractivity contribution in [2.24, 2.45) is 0 Å². The minimum Gasteiger partial charge on any atom is -0.494 e. The molecular weight excluding hydrogens is 288 g/mol. The van der Waals surface area contributed by atoms with Gasteiger partial charge in [-0.05, 0) is 43.7 Å². The van der Waals surface area contributed by atoms with Gasteiger partial charge in [0.2, 0.25) is 0 Å². The SMILES string of the molecule is CS(=O)(=O)CCCOc1ccc(N2CCCNCC2)cc1. The Morgan fingerprint density at radius 1 is 1.19 bits per heavy atom. The number of hydrogen-bond acceptors (Lipinski definition) is 5. The molecule has 0 saturated carbocycles. The predicted octanol–water partition coefficient (Wildman–Crippen LogP) is 1.30. The Balaban J connectivity index is 1.81. The third-order valence-corrected chi connectivity index (χ3v) is 4.50. The minimum absolute atomic E-state index is 0.172. The third-order valence-electron chi connectivity index (χ3n) is 3.47. The molecule has 1 aliphatic rings. The number of anilines is 1. The van der Waals surface area contributed by atoms with Gasteiger partial charge in [0.15, 0.2) is 0 Å². The largest absolute Gasteiger partial charge is 0.494 e. The van der Waals surface area contributed by atoms with Crippen LogP contribution < -0.4 is 15.0 Å². The molecule has 0 atom stereocenters. The van der Waals surface area contributed by atoms with Gasteiger partial charge in [0.1, 0.15) is 15.6 Å². The van der Waals surface area contributed by atoms with Crippen molar-refractivity contribution in [2.45, 2.75) is 12.8 Å². The highest BCUT2D eigenvalue weighted by atomic mass is 32.2. The van der Waals surface area contributed by atoms with Gasteiger partial charge in [0.25, 0.3) is 0 Å². The van der Waals surface area contributed by atoms with Gasteiger partial charge in [0, 0.05) is 31.6 Å². The van der Waals surface area contributed by atoms with Crippen molar-refractivity contribution in [3.8, 4) is 5.75 Å². The fourth-order valence-electron chi connectivity index (χ4n) is 2.37. The molecule has 21 heavy (non-hydrogen) atoms. The van der Waals surface area contributed by atoms with Crippen molar-refractivity contribution in [3.63, 3.8) is 0 Å². The van der Waals surface area contributed by atoms with Crippen LogP contribution in [-0.2, 0) is 9.84 Å². The van der Waals surface area contributed by atoms with E-state index in [1.165, 1.54) is 11.9 Å². The molecule has 6 heteroatoms. The van der Waals surface area contributed by atoms with Crippen LogP contribution in [-0.4, -0.2) is 53.2 Å². The normalized spacial score (nSPS) is 16.5. The second-order valence-corrected chi connectivity index (χ2v) is 7.68. The molecule has 1 aromatic rings. The van der Waals surface area contributed by atoms with Crippen LogP contribution in [0.2, 0.25) is 0 Å². The molecular formula is C15H24N2O3S. The van der Waals surface area contributed by atoms with Crippen molar-refractivity contribution in [1.29, 1.82) is 0 Å². The molecule has 118 valence electrons. The van der Waals surface area contributed by atoms with E-state index in [4.69, 9.17) is 4.74 Å². The number of ether oxygens (including phenoxy) is 1. The topological polar surface area (TPSA) is 58.6 Å². The van der Waals surface area contributed by atoms with Crippen LogP contribution in [0.25, 0.3) is 0 Å². The highest BCUT2D eigenvalue weighted by molar-refractivity contribution is 7.90. The zero-order valence-corrected chi connectivity index (χ0v) is 13.4. The molecule has 1 saturated heterocycles. The van der Waals surface area contributed by atoms with E-state index < -0.39 is 9.84 Å². The number of hydrogen-bond donors (Lipinski definition) is 1. The summed E-state index contributed by atoms with van der Waals surface area (Å²) >= 11 is 0. The van der Waals surface area contributed by atoms with Crippen LogP contribution in [0.3, 0.4) is 0 Å². The molecule has 2 rings (SSSR count). The Morgan fingerprint density at radius 2 is 1.95 bits per heavy atom.